The van der Waals surface area contributed by atoms with Crippen molar-refractivity contribution < 1.29 is 4.39 Å². The highest BCUT2D eigenvalue weighted by molar-refractivity contribution is 6.30. The highest BCUT2D eigenvalue weighted by atomic mass is 35.5. The Labute approximate surface area is 131 Å². The van der Waals surface area contributed by atoms with Gasteiger partial charge in [-0.3, -0.25) is 16.2 Å². The molecule has 0 amide bonds. The molecule has 0 bridgehead atoms. The van der Waals surface area contributed by atoms with E-state index in [2.05, 4.69) is 24.2 Å². The summed E-state index contributed by atoms with van der Waals surface area (Å²) in [5.41, 5.74) is 3.30. The predicted molar refractivity (Wildman–Crippen MR) is 85.6 cm³/mol. The van der Waals surface area contributed by atoms with Crippen molar-refractivity contribution in [2.45, 2.75) is 51.1 Å². The molecule has 1 aromatic rings. The maximum absolute atomic E-state index is 14.4. The minimum atomic E-state index is -0.295. The van der Waals surface area contributed by atoms with Crippen LogP contribution in [0.4, 0.5) is 4.39 Å². The van der Waals surface area contributed by atoms with E-state index in [1.54, 1.807) is 12.1 Å². The standard InChI is InChI=1S/C16H25ClFN3/c1-3-16(4-2,21-9-5-6-10-21)15(20-19)13-8-7-12(17)11-14(13)18/h7-8,11,15,20H,3-6,9-10,19H2,1-2H3. The fraction of sp³-hybridized carbons (Fsp3) is 0.625. The van der Waals surface area contributed by atoms with Crippen LogP contribution in [-0.4, -0.2) is 23.5 Å². The first-order valence-corrected chi connectivity index (χ1v) is 8.13. The first kappa shape index (κ1) is 16.7. The molecule has 5 heteroatoms. The lowest BCUT2D eigenvalue weighted by Crippen LogP contribution is -2.56. The molecular formula is C16H25ClFN3. The van der Waals surface area contributed by atoms with Crippen LogP contribution < -0.4 is 11.3 Å². The average Bonchev–Trinajstić information content (AvgIpc) is 3.01. The largest absolute Gasteiger partial charge is 0.296 e. The van der Waals surface area contributed by atoms with E-state index in [-0.39, 0.29) is 17.4 Å². The van der Waals surface area contributed by atoms with Crippen molar-refractivity contribution in [2.75, 3.05) is 13.1 Å². The third-order valence-corrected chi connectivity index (χ3v) is 5.17. The van der Waals surface area contributed by atoms with Gasteiger partial charge in [0.05, 0.1) is 6.04 Å². The van der Waals surface area contributed by atoms with Crippen molar-refractivity contribution in [2.24, 2.45) is 5.84 Å². The fourth-order valence-corrected chi connectivity index (χ4v) is 3.88. The fourth-order valence-electron chi connectivity index (χ4n) is 3.72. The molecule has 0 aromatic heterocycles. The second-order valence-corrected chi connectivity index (χ2v) is 6.21. The van der Waals surface area contributed by atoms with Gasteiger partial charge in [-0.1, -0.05) is 31.5 Å². The first-order valence-electron chi connectivity index (χ1n) is 7.75. The summed E-state index contributed by atoms with van der Waals surface area (Å²) in [4.78, 5) is 2.46. The van der Waals surface area contributed by atoms with E-state index in [1.165, 1.54) is 18.9 Å². The van der Waals surface area contributed by atoms with Gasteiger partial charge in [0, 0.05) is 16.1 Å². The van der Waals surface area contributed by atoms with Gasteiger partial charge in [0.1, 0.15) is 5.82 Å². The number of hydrogen-bond acceptors (Lipinski definition) is 3. The molecule has 1 aliphatic heterocycles. The number of halogens is 2. The number of nitrogens with one attached hydrogen (secondary N) is 1. The molecule has 1 atom stereocenters. The van der Waals surface area contributed by atoms with Gasteiger partial charge in [0.25, 0.3) is 0 Å². The van der Waals surface area contributed by atoms with Gasteiger partial charge in [-0.15, -0.1) is 0 Å². The summed E-state index contributed by atoms with van der Waals surface area (Å²) >= 11 is 5.87. The predicted octanol–water partition coefficient (Wildman–Crippen LogP) is 3.64. The van der Waals surface area contributed by atoms with Gasteiger partial charge in [-0.05, 0) is 50.9 Å². The Morgan fingerprint density at radius 3 is 2.43 bits per heavy atom. The van der Waals surface area contributed by atoms with Crippen molar-refractivity contribution in [3.63, 3.8) is 0 Å². The van der Waals surface area contributed by atoms with Crippen LogP contribution in [0.1, 0.15) is 51.1 Å². The Hall–Kier alpha value is -0.680. The molecule has 1 fully saturated rings. The zero-order chi connectivity index (χ0) is 15.5. The van der Waals surface area contributed by atoms with Gasteiger partial charge in [-0.2, -0.15) is 0 Å². The SMILES string of the molecule is CCC(CC)(C(NN)c1ccc(Cl)cc1F)N1CCCC1. The van der Waals surface area contributed by atoms with Crippen molar-refractivity contribution in [1.82, 2.24) is 10.3 Å². The summed E-state index contributed by atoms with van der Waals surface area (Å²) in [6.45, 7) is 6.41. The third-order valence-electron chi connectivity index (χ3n) is 4.94. The van der Waals surface area contributed by atoms with Crippen LogP contribution in [0.2, 0.25) is 5.02 Å². The second kappa shape index (κ2) is 7.05. The first-order chi connectivity index (χ1) is 10.1. The molecule has 0 radical (unpaired) electrons. The Morgan fingerprint density at radius 2 is 1.95 bits per heavy atom. The molecule has 21 heavy (non-hydrogen) atoms. The lowest BCUT2D eigenvalue weighted by atomic mass is 9.79. The average molecular weight is 314 g/mol. The normalized spacial score (nSPS) is 18.1. The highest BCUT2D eigenvalue weighted by Crippen LogP contribution is 2.40. The molecule has 118 valence electrons. The Kier molecular flexibility index (Phi) is 5.60. The number of rotatable bonds is 6. The van der Waals surface area contributed by atoms with Crippen LogP contribution in [0.3, 0.4) is 0 Å². The van der Waals surface area contributed by atoms with Crippen LogP contribution >= 0.6 is 11.6 Å². The maximum Gasteiger partial charge on any atom is 0.129 e. The summed E-state index contributed by atoms with van der Waals surface area (Å²) in [5.74, 6) is 5.54. The molecule has 1 aromatic carbocycles. The van der Waals surface area contributed by atoms with Crippen LogP contribution in [0.5, 0.6) is 0 Å². The molecule has 1 heterocycles. The van der Waals surface area contributed by atoms with E-state index in [1.807, 2.05) is 0 Å². The molecule has 0 spiro atoms. The summed E-state index contributed by atoms with van der Waals surface area (Å²) in [7, 11) is 0. The van der Waals surface area contributed by atoms with Gasteiger partial charge in [0.15, 0.2) is 0 Å². The lowest BCUT2D eigenvalue weighted by molar-refractivity contribution is 0.0603. The molecule has 1 aliphatic rings. The van der Waals surface area contributed by atoms with Crippen molar-refractivity contribution in [3.05, 3.63) is 34.6 Å². The van der Waals surface area contributed by atoms with E-state index in [4.69, 9.17) is 17.4 Å². The number of nitrogens with zero attached hydrogens (tertiary/aromatic N) is 1. The van der Waals surface area contributed by atoms with Gasteiger partial charge in [0.2, 0.25) is 0 Å². The molecule has 0 aliphatic carbocycles. The molecule has 1 unspecified atom stereocenters. The molecule has 2 rings (SSSR count). The molecular weight excluding hydrogens is 289 g/mol. The zero-order valence-electron chi connectivity index (χ0n) is 12.8. The van der Waals surface area contributed by atoms with E-state index in [9.17, 15) is 4.39 Å². The van der Waals surface area contributed by atoms with E-state index in [0.717, 1.165) is 25.9 Å². The lowest BCUT2D eigenvalue weighted by Gasteiger charge is -2.46. The maximum atomic E-state index is 14.4. The van der Waals surface area contributed by atoms with E-state index >= 15 is 0 Å². The Bertz CT molecular complexity index is 471. The summed E-state index contributed by atoms with van der Waals surface area (Å²) in [6, 6.07) is 4.59. The van der Waals surface area contributed by atoms with Crippen molar-refractivity contribution in [1.29, 1.82) is 0 Å². The number of hydrazine groups is 1. The molecule has 3 N–H and O–H groups in total. The zero-order valence-corrected chi connectivity index (χ0v) is 13.6. The number of likely N-dealkylation sites (tertiary alicyclic amines) is 1. The number of nitrogens with two attached hydrogens (primary N) is 1. The number of benzene rings is 1. The van der Waals surface area contributed by atoms with Gasteiger partial charge in [-0.25, -0.2) is 4.39 Å². The summed E-state index contributed by atoms with van der Waals surface area (Å²) in [6.07, 6.45) is 4.23. The van der Waals surface area contributed by atoms with Crippen molar-refractivity contribution >= 4 is 11.6 Å². The van der Waals surface area contributed by atoms with Gasteiger partial charge < -0.3 is 0 Å². The Morgan fingerprint density at radius 1 is 1.33 bits per heavy atom. The smallest absolute Gasteiger partial charge is 0.129 e. The third kappa shape index (κ3) is 3.09. The number of hydrogen-bond donors (Lipinski definition) is 2. The monoisotopic (exact) mass is 313 g/mol. The van der Waals surface area contributed by atoms with E-state index < -0.39 is 0 Å². The highest BCUT2D eigenvalue weighted by Gasteiger charge is 2.43. The minimum absolute atomic E-state index is 0.167. The van der Waals surface area contributed by atoms with Crippen LogP contribution in [0.25, 0.3) is 0 Å². The van der Waals surface area contributed by atoms with Gasteiger partial charge >= 0.3 is 0 Å². The summed E-state index contributed by atoms with van der Waals surface area (Å²) in [5, 5.41) is 0.409. The van der Waals surface area contributed by atoms with Crippen molar-refractivity contribution in [3.8, 4) is 0 Å². The van der Waals surface area contributed by atoms with Crippen LogP contribution in [0, 0.1) is 5.82 Å². The molecule has 0 saturated carbocycles. The van der Waals surface area contributed by atoms with Crippen LogP contribution in [-0.2, 0) is 0 Å². The molecule has 3 nitrogen and oxygen atoms in total. The van der Waals surface area contributed by atoms with E-state index in [0.29, 0.717) is 10.6 Å². The quantitative estimate of drug-likeness (QED) is 0.622. The summed E-state index contributed by atoms with van der Waals surface area (Å²) < 4.78 is 14.4. The Balaban J connectivity index is 2.44. The minimum Gasteiger partial charge on any atom is -0.296 e. The van der Waals surface area contributed by atoms with Crippen LogP contribution in [0.15, 0.2) is 18.2 Å². The topological polar surface area (TPSA) is 41.3 Å². The molecule has 1 saturated heterocycles. The second-order valence-electron chi connectivity index (χ2n) is 5.77.